The first-order valence-electron chi connectivity index (χ1n) is 11.4. The van der Waals surface area contributed by atoms with Gasteiger partial charge in [-0.2, -0.15) is 9.50 Å². The van der Waals surface area contributed by atoms with Crippen LogP contribution in [-0.2, 0) is 6.42 Å². The Kier molecular flexibility index (Phi) is 5.48. The SMILES string of the molecule is Cc1cccc(N2CCN(c3c(C)c(C)nc4nc(Cc5cccc(F)c5)nn34)C[C@@H]2C)c1. The Labute approximate surface area is 193 Å². The van der Waals surface area contributed by atoms with Gasteiger partial charge in [-0.05, 0) is 63.1 Å². The van der Waals surface area contributed by atoms with Crippen molar-refractivity contribution in [3.8, 4) is 0 Å². The van der Waals surface area contributed by atoms with Crippen LogP contribution in [0.1, 0.15) is 35.1 Å². The van der Waals surface area contributed by atoms with Crippen molar-refractivity contribution in [2.24, 2.45) is 0 Å². The topological polar surface area (TPSA) is 49.6 Å². The Morgan fingerprint density at radius 2 is 1.82 bits per heavy atom. The van der Waals surface area contributed by atoms with Crippen LogP contribution in [0, 0.1) is 26.6 Å². The molecule has 0 spiro atoms. The maximum absolute atomic E-state index is 13.6. The molecule has 7 heteroatoms. The minimum absolute atomic E-state index is 0.248. The van der Waals surface area contributed by atoms with Gasteiger partial charge in [0.25, 0.3) is 5.78 Å². The molecule has 3 heterocycles. The molecule has 5 rings (SSSR count). The summed E-state index contributed by atoms with van der Waals surface area (Å²) in [6.45, 7) is 11.2. The first-order chi connectivity index (χ1) is 15.9. The first kappa shape index (κ1) is 21.4. The third-order valence-corrected chi connectivity index (χ3v) is 6.49. The quantitative estimate of drug-likeness (QED) is 0.464. The molecule has 1 saturated heterocycles. The minimum Gasteiger partial charge on any atom is -0.365 e. The van der Waals surface area contributed by atoms with Crippen molar-refractivity contribution in [1.82, 2.24) is 19.6 Å². The van der Waals surface area contributed by atoms with Crippen LogP contribution in [-0.4, -0.2) is 45.3 Å². The van der Waals surface area contributed by atoms with Crippen molar-refractivity contribution in [3.63, 3.8) is 0 Å². The predicted octanol–water partition coefficient (Wildman–Crippen LogP) is 4.49. The van der Waals surface area contributed by atoms with Crippen LogP contribution in [0.3, 0.4) is 0 Å². The highest BCUT2D eigenvalue weighted by atomic mass is 19.1. The van der Waals surface area contributed by atoms with Gasteiger partial charge < -0.3 is 9.80 Å². The molecule has 1 aliphatic rings. The van der Waals surface area contributed by atoms with Gasteiger partial charge in [0.15, 0.2) is 5.82 Å². The van der Waals surface area contributed by atoms with Crippen molar-refractivity contribution in [1.29, 1.82) is 0 Å². The maximum atomic E-state index is 13.6. The van der Waals surface area contributed by atoms with E-state index < -0.39 is 0 Å². The molecule has 170 valence electrons. The van der Waals surface area contributed by atoms with E-state index in [-0.39, 0.29) is 5.82 Å². The normalized spacial score (nSPS) is 16.6. The Morgan fingerprint density at radius 1 is 1.00 bits per heavy atom. The lowest BCUT2D eigenvalue weighted by molar-refractivity contribution is 0.542. The van der Waals surface area contributed by atoms with Crippen molar-refractivity contribution in [2.45, 2.75) is 40.2 Å². The smallest absolute Gasteiger partial charge is 0.254 e. The molecule has 1 atom stereocenters. The van der Waals surface area contributed by atoms with Gasteiger partial charge in [-0.25, -0.2) is 9.37 Å². The molecule has 1 fully saturated rings. The maximum Gasteiger partial charge on any atom is 0.254 e. The molecule has 0 amide bonds. The van der Waals surface area contributed by atoms with Crippen molar-refractivity contribution in [3.05, 3.63) is 82.6 Å². The zero-order valence-corrected chi connectivity index (χ0v) is 19.6. The van der Waals surface area contributed by atoms with E-state index in [2.05, 4.69) is 64.8 Å². The number of hydrogen-bond donors (Lipinski definition) is 0. The molecule has 0 radical (unpaired) electrons. The molecule has 0 aliphatic carbocycles. The highest BCUT2D eigenvalue weighted by molar-refractivity contribution is 5.57. The van der Waals surface area contributed by atoms with Gasteiger partial charge in [-0.3, -0.25) is 0 Å². The summed E-state index contributed by atoms with van der Waals surface area (Å²) >= 11 is 0. The van der Waals surface area contributed by atoms with E-state index in [0.717, 1.165) is 42.3 Å². The summed E-state index contributed by atoms with van der Waals surface area (Å²) in [7, 11) is 0. The summed E-state index contributed by atoms with van der Waals surface area (Å²) in [5.74, 6) is 2.03. The molecule has 2 aromatic heterocycles. The number of rotatable bonds is 4. The van der Waals surface area contributed by atoms with Gasteiger partial charge in [0.1, 0.15) is 11.6 Å². The molecular weight excluding hydrogens is 415 g/mol. The number of aromatic nitrogens is 4. The fourth-order valence-corrected chi connectivity index (χ4v) is 4.73. The van der Waals surface area contributed by atoms with Crippen LogP contribution < -0.4 is 9.80 Å². The second kappa shape index (κ2) is 8.46. The van der Waals surface area contributed by atoms with Crippen LogP contribution in [0.4, 0.5) is 15.9 Å². The Hall–Kier alpha value is -3.48. The van der Waals surface area contributed by atoms with Crippen molar-refractivity contribution in [2.75, 3.05) is 29.4 Å². The van der Waals surface area contributed by atoms with E-state index in [9.17, 15) is 4.39 Å². The number of fused-ring (bicyclic) bond motifs is 1. The summed E-state index contributed by atoms with van der Waals surface area (Å²) in [6.07, 6.45) is 0.468. The second-order valence-electron chi connectivity index (χ2n) is 9.02. The summed E-state index contributed by atoms with van der Waals surface area (Å²) < 4.78 is 15.5. The minimum atomic E-state index is -0.248. The lowest BCUT2D eigenvalue weighted by atomic mass is 10.1. The van der Waals surface area contributed by atoms with Gasteiger partial charge in [0, 0.05) is 49.0 Å². The molecule has 6 nitrogen and oxygen atoms in total. The Morgan fingerprint density at radius 3 is 2.58 bits per heavy atom. The van der Waals surface area contributed by atoms with Crippen LogP contribution in [0.5, 0.6) is 0 Å². The third kappa shape index (κ3) is 4.15. The highest BCUT2D eigenvalue weighted by Gasteiger charge is 2.28. The molecule has 33 heavy (non-hydrogen) atoms. The Balaban J connectivity index is 1.46. The highest BCUT2D eigenvalue weighted by Crippen LogP contribution is 2.28. The van der Waals surface area contributed by atoms with Crippen molar-refractivity contribution < 1.29 is 4.39 Å². The molecule has 0 saturated carbocycles. The van der Waals surface area contributed by atoms with Gasteiger partial charge in [-0.1, -0.05) is 24.3 Å². The fraction of sp³-hybridized carbons (Fsp3) is 0.346. The molecule has 2 aromatic carbocycles. The fourth-order valence-electron chi connectivity index (χ4n) is 4.73. The standard InChI is InChI=1S/C26H29FN6/c1-17-7-5-10-23(13-17)32-12-11-31(16-18(32)2)25-19(3)20(4)28-26-29-24(30-33(25)26)15-21-8-6-9-22(27)14-21/h5-10,13-14,18H,11-12,15-16H2,1-4H3/t18-/m0/s1. The lowest BCUT2D eigenvalue weighted by Crippen LogP contribution is -2.53. The van der Waals surface area contributed by atoms with E-state index >= 15 is 0 Å². The van der Waals surface area contributed by atoms with Gasteiger partial charge in [0.2, 0.25) is 0 Å². The monoisotopic (exact) mass is 444 g/mol. The van der Waals surface area contributed by atoms with Crippen LogP contribution in [0.15, 0.2) is 48.5 Å². The summed E-state index contributed by atoms with van der Waals surface area (Å²) in [5, 5.41) is 4.79. The van der Waals surface area contributed by atoms with E-state index in [4.69, 9.17) is 5.10 Å². The first-order valence-corrected chi connectivity index (χ1v) is 11.4. The predicted molar refractivity (Wildman–Crippen MR) is 130 cm³/mol. The number of hydrogen-bond acceptors (Lipinski definition) is 5. The van der Waals surface area contributed by atoms with E-state index in [1.807, 2.05) is 17.5 Å². The van der Waals surface area contributed by atoms with Crippen molar-refractivity contribution >= 4 is 17.3 Å². The molecule has 1 aliphatic heterocycles. The number of nitrogens with zero attached hydrogens (tertiary/aromatic N) is 6. The summed E-state index contributed by atoms with van der Waals surface area (Å²) in [4.78, 5) is 14.2. The van der Waals surface area contributed by atoms with Gasteiger partial charge >= 0.3 is 0 Å². The average molecular weight is 445 g/mol. The van der Waals surface area contributed by atoms with Gasteiger partial charge in [-0.15, -0.1) is 5.10 Å². The van der Waals surface area contributed by atoms with E-state index in [0.29, 0.717) is 24.1 Å². The zero-order chi connectivity index (χ0) is 23.1. The largest absolute Gasteiger partial charge is 0.365 e. The third-order valence-electron chi connectivity index (χ3n) is 6.49. The number of piperazine rings is 1. The average Bonchev–Trinajstić information content (AvgIpc) is 3.16. The van der Waals surface area contributed by atoms with Crippen LogP contribution in [0.25, 0.3) is 5.78 Å². The van der Waals surface area contributed by atoms with Crippen LogP contribution in [0.2, 0.25) is 0 Å². The number of halogens is 1. The summed E-state index contributed by atoms with van der Waals surface area (Å²) in [6, 6.07) is 15.6. The van der Waals surface area contributed by atoms with E-state index in [1.54, 1.807) is 6.07 Å². The summed E-state index contributed by atoms with van der Waals surface area (Å²) in [5.41, 5.74) is 5.46. The number of aryl methyl sites for hydroxylation is 2. The lowest BCUT2D eigenvalue weighted by Gasteiger charge is -2.42. The molecule has 0 bridgehead atoms. The van der Waals surface area contributed by atoms with E-state index in [1.165, 1.54) is 23.4 Å². The molecular formula is C26H29FN6. The van der Waals surface area contributed by atoms with Gasteiger partial charge in [0.05, 0.1) is 0 Å². The van der Waals surface area contributed by atoms with Crippen LogP contribution >= 0.6 is 0 Å². The number of anilines is 2. The second-order valence-corrected chi connectivity index (χ2v) is 9.02. The number of benzene rings is 2. The zero-order valence-electron chi connectivity index (χ0n) is 19.6. The molecule has 0 unspecified atom stereocenters. The Bertz CT molecular complexity index is 1310. The molecule has 0 N–H and O–H groups in total. The molecule has 4 aromatic rings.